The predicted molar refractivity (Wildman–Crippen MR) is 65.4 cm³/mol. The number of piperidine rings is 1. The summed E-state index contributed by atoms with van der Waals surface area (Å²) in [5.74, 6) is 0.579. The zero-order chi connectivity index (χ0) is 12.3. The second kappa shape index (κ2) is 5.45. The summed E-state index contributed by atoms with van der Waals surface area (Å²) in [5, 5.41) is 22.1. The quantitative estimate of drug-likeness (QED) is 0.639. The molecule has 0 aromatic rings. The fourth-order valence-corrected chi connectivity index (χ4v) is 2.23. The fraction of sp³-hybridized carbons (Fsp3) is 1.00. The molecule has 0 radical (unpaired) electrons. The number of aliphatic hydroxyl groups excluding tert-OH is 1. The van der Waals surface area contributed by atoms with Crippen molar-refractivity contribution in [2.75, 3.05) is 26.7 Å². The topological polar surface area (TPSA) is 55.7 Å². The first kappa shape index (κ1) is 13.9. The fourth-order valence-electron chi connectivity index (χ4n) is 2.23. The molecule has 1 aliphatic rings. The van der Waals surface area contributed by atoms with Crippen molar-refractivity contribution >= 4 is 0 Å². The predicted octanol–water partition coefficient (Wildman–Crippen LogP) is 0.0480. The van der Waals surface area contributed by atoms with Gasteiger partial charge in [-0.15, -0.1) is 0 Å². The lowest BCUT2D eigenvalue weighted by molar-refractivity contribution is -0.00429. The third kappa shape index (κ3) is 3.70. The average molecular weight is 230 g/mol. The molecule has 4 heteroatoms. The van der Waals surface area contributed by atoms with Gasteiger partial charge in [0.25, 0.3) is 0 Å². The van der Waals surface area contributed by atoms with Gasteiger partial charge in [0.05, 0.1) is 12.2 Å². The van der Waals surface area contributed by atoms with Crippen molar-refractivity contribution in [3.8, 4) is 0 Å². The molecule has 1 heterocycles. The van der Waals surface area contributed by atoms with Gasteiger partial charge in [-0.2, -0.15) is 0 Å². The molecule has 4 unspecified atom stereocenters. The van der Waals surface area contributed by atoms with Crippen molar-refractivity contribution in [1.29, 1.82) is 0 Å². The van der Waals surface area contributed by atoms with E-state index in [1.165, 1.54) is 0 Å². The summed E-state index contributed by atoms with van der Waals surface area (Å²) in [5.41, 5.74) is -1.01. The van der Waals surface area contributed by atoms with Crippen molar-refractivity contribution < 1.29 is 10.2 Å². The van der Waals surface area contributed by atoms with E-state index in [4.69, 9.17) is 5.11 Å². The minimum absolute atomic E-state index is 0.198. The molecule has 0 aromatic heterocycles. The lowest BCUT2D eigenvalue weighted by Gasteiger charge is -2.41. The third-order valence-electron chi connectivity index (χ3n) is 3.70. The first-order valence-electron chi connectivity index (χ1n) is 6.12. The molecule has 0 amide bonds. The first-order valence-corrected chi connectivity index (χ1v) is 6.12. The summed E-state index contributed by atoms with van der Waals surface area (Å²) in [4.78, 5) is 2.37. The van der Waals surface area contributed by atoms with Crippen LogP contribution < -0.4 is 5.32 Å². The highest BCUT2D eigenvalue weighted by molar-refractivity contribution is 4.88. The third-order valence-corrected chi connectivity index (χ3v) is 3.70. The van der Waals surface area contributed by atoms with Gasteiger partial charge in [-0.25, -0.2) is 0 Å². The van der Waals surface area contributed by atoms with E-state index in [0.29, 0.717) is 24.5 Å². The Hall–Kier alpha value is -0.160. The van der Waals surface area contributed by atoms with Crippen LogP contribution in [-0.4, -0.2) is 59.5 Å². The van der Waals surface area contributed by atoms with Crippen molar-refractivity contribution in [3.63, 3.8) is 0 Å². The molecule has 16 heavy (non-hydrogen) atoms. The Morgan fingerprint density at radius 2 is 2.06 bits per heavy atom. The minimum Gasteiger partial charge on any atom is -0.393 e. The highest BCUT2D eigenvalue weighted by Crippen LogP contribution is 2.20. The van der Waals surface area contributed by atoms with Crippen LogP contribution in [0.3, 0.4) is 0 Å². The molecule has 1 fully saturated rings. The molecule has 0 bridgehead atoms. The number of nitrogens with one attached hydrogen (secondary N) is 1. The Kier molecular flexibility index (Phi) is 4.73. The molecule has 4 atom stereocenters. The van der Waals surface area contributed by atoms with Gasteiger partial charge >= 0.3 is 0 Å². The van der Waals surface area contributed by atoms with Gasteiger partial charge in [-0.05, 0) is 33.2 Å². The SMILES string of the molecule is CC1CN(C)C(C)CC1NCC(C)(O)CO. The molecule has 1 aliphatic heterocycles. The van der Waals surface area contributed by atoms with Gasteiger partial charge in [-0.3, -0.25) is 0 Å². The molecule has 3 N–H and O–H groups in total. The normalized spacial score (nSPS) is 36.0. The van der Waals surface area contributed by atoms with Gasteiger partial charge in [0.2, 0.25) is 0 Å². The summed E-state index contributed by atoms with van der Waals surface area (Å²) in [6.07, 6.45) is 1.10. The monoisotopic (exact) mass is 230 g/mol. The van der Waals surface area contributed by atoms with E-state index in [2.05, 4.69) is 31.1 Å². The summed E-state index contributed by atoms with van der Waals surface area (Å²) in [7, 11) is 2.15. The molecule has 4 nitrogen and oxygen atoms in total. The second-order valence-electron chi connectivity index (χ2n) is 5.64. The van der Waals surface area contributed by atoms with E-state index in [1.807, 2.05) is 0 Å². The summed E-state index contributed by atoms with van der Waals surface area (Å²) < 4.78 is 0. The Balaban J connectivity index is 2.42. The van der Waals surface area contributed by atoms with Crippen LogP contribution in [0.4, 0.5) is 0 Å². The van der Waals surface area contributed by atoms with E-state index >= 15 is 0 Å². The summed E-state index contributed by atoms with van der Waals surface area (Å²) >= 11 is 0. The van der Waals surface area contributed by atoms with Crippen LogP contribution in [0.5, 0.6) is 0 Å². The summed E-state index contributed by atoms with van der Waals surface area (Å²) in [6, 6.07) is 1.01. The maximum atomic E-state index is 9.74. The largest absolute Gasteiger partial charge is 0.393 e. The maximum Gasteiger partial charge on any atom is 0.0972 e. The van der Waals surface area contributed by atoms with E-state index in [9.17, 15) is 5.11 Å². The van der Waals surface area contributed by atoms with E-state index in [0.717, 1.165) is 13.0 Å². The second-order valence-corrected chi connectivity index (χ2v) is 5.64. The minimum atomic E-state index is -1.01. The summed E-state index contributed by atoms with van der Waals surface area (Å²) in [6.45, 7) is 7.45. The lowest BCUT2D eigenvalue weighted by Crippen LogP contribution is -2.54. The number of nitrogens with zero attached hydrogens (tertiary/aromatic N) is 1. The smallest absolute Gasteiger partial charge is 0.0972 e. The van der Waals surface area contributed by atoms with Crippen molar-refractivity contribution in [2.45, 2.75) is 44.9 Å². The van der Waals surface area contributed by atoms with Crippen LogP contribution in [-0.2, 0) is 0 Å². The molecule has 1 saturated heterocycles. The van der Waals surface area contributed by atoms with E-state index in [-0.39, 0.29) is 6.61 Å². The molecular weight excluding hydrogens is 204 g/mol. The highest BCUT2D eigenvalue weighted by atomic mass is 16.3. The Labute approximate surface area is 98.6 Å². The molecule has 0 aliphatic carbocycles. The Bertz CT molecular complexity index is 221. The number of hydrogen-bond acceptors (Lipinski definition) is 4. The van der Waals surface area contributed by atoms with Crippen LogP contribution >= 0.6 is 0 Å². The van der Waals surface area contributed by atoms with Crippen molar-refractivity contribution in [3.05, 3.63) is 0 Å². The van der Waals surface area contributed by atoms with Gasteiger partial charge in [0.15, 0.2) is 0 Å². The molecule has 96 valence electrons. The molecule has 0 spiro atoms. The molecule has 0 saturated carbocycles. The van der Waals surface area contributed by atoms with Crippen LogP contribution in [0.2, 0.25) is 0 Å². The Morgan fingerprint density at radius 3 is 2.62 bits per heavy atom. The van der Waals surface area contributed by atoms with E-state index < -0.39 is 5.60 Å². The number of aliphatic hydroxyl groups is 2. The standard InChI is InChI=1S/C12H26N2O2/c1-9-6-14(4)10(2)5-11(9)13-7-12(3,16)8-15/h9-11,13,15-16H,5-8H2,1-4H3. The van der Waals surface area contributed by atoms with Gasteiger partial charge in [-0.1, -0.05) is 6.92 Å². The van der Waals surface area contributed by atoms with Crippen molar-refractivity contribution in [2.24, 2.45) is 5.92 Å². The van der Waals surface area contributed by atoms with Crippen LogP contribution in [0.15, 0.2) is 0 Å². The number of likely N-dealkylation sites (tertiary alicyclic amines) is 1. The van der Waals surface area contributed by atoms with Crippen LogP contribution in [0.1, 0.15) is 27.2 Å². The maximum absolute atomic E-state index is 9.74. The van der Waals surface area contributed by atoms with Crippen LogP contribution in [0.25, 0.3) is 0 Å². The number of rotatable bonds is 4. The lowest BCUT2D eigenvalue weighted by atomic mass is 9.89. The number of hydrogen-bond donors (Lipinski definition) is 3. The zero-order valence-electron chi connectivity index (χ0n) is 10.9. The first-order chi connectivity index (χ1) is 7.35. The molecule has 0 aromatic carbocycles. The van der Waals surface area contributed by atoms with Gasteiger partial charge in [0.1, 0.15) is 0 Å². The average Bonchev–Trinajstić information content (AvgIpc) is 2.22. The van der Waals surface area contributed by atoms with Gasteiger partial charge < -0.3 is 20.4 Å². The molecular formula is C12H26N2O2. The van der Waals surface area contributed by atoms with Crippen molar-refractivity contribution in [1.82, 2.24) is 10.2 Å². The van der Waals surface area contributed by atoms with Crippen LogP contribution in [0, 0.1) is 5.92 Å². The highest BCUT2D eigenvalue weighted by Gasteiger charge is 2.30. The Morgan fingerprint density at radius 1 is 1.44 bits per heavy atom. The zero-order valence-corrected chi connectivity index (χ0v) is 10.9. The molecule has 1 rings (SSSR count). The van der Waals surface area contributed by atoms with Gasteiger partial charge in [0, 0.05) is 25.2 Å². The van der Waals surface area contributed by atoms with E-state index in [1.54, 1.807) is 6.92 Å².